The third-order valence-corrected chi connectivity index (χ3v) is 4.58. The molecular formula is C18H16ClN3O2. The molecule has 24 heavy (non-hydrogen) atoms. The van der Waals surface area contributed by atoms with Crippen LogP contribution in [-0.2, 0) is 0 Å². The van der Waals surface area contributed by atoms with Crippen LogP contribution in [0, 0.1) is 0 Å². The van der Waals surface area contributed by atoms with E-state index in [9.17, 15) is 4.79 Å². The van der Waals surface area contributed by atoms with Crippen molar-refractivity contribution in [3.63, 3.8) is 0 Å². The van der Waals surface area contributed by atoms with E-state index >= 15 is 0 Å². The molecule has 0 saturated carbocycles. The van der Waals surface area contributed by atoms with Crippen molar-refractivity contribution in [1.82, 2.24) is 9.88 Å². The van der Waals surface area contributed by atoms with Crippen LogP contribution in [0.2, 0.25) is 5.02 Å². The molecule has 1 amide bonds. The fourth-order valence-corrected chi connectivity index (χ4v) is 3.24. The number of furan rings is 1. The number of carbonyl (C=O) groups is 1. The van der Waals surface area contributed by atoms with Crippen molar-refractivity contribution in [3.8, 4) is 0 Å². The Bertz CT molecular complexity index is 852. The molecular weight excluding hydrogens is 326 g/mol. The fraction of sp³-hybridized carbons (Fsp3) is 0.222. The molecule has 1 saturated heterocycles. The summed E-state index contributed by atoms with van der Waals surface area (Å²) in [4.78, 5) is 20.9. The predicted molar refractivity (Wildman–Crippen MR) is 93.6 cm³/mol. The highest BCUT2D eigenvalue weighted by atomic mass is 35.5. The van der Waals surface area contributed by atoms with Gasteiger partial charge in [-0.2, -0.15) is 0 Å². The molecule has 0 N–H and O–H groups in total. The number of carbonyl (C=O) groups excluding carboxylic acids is 1. The number of benzene rings is 1. The van der Waals surface area contributed by atoms with Gasteiger partial charge in [0.05, 0.1) is 10.7 Å². The SMILES string of the molecule is O=C(c1cc2ncccc2o1)N1CCN(c2ccccc2Cl)CC1. The van der Waals surface area contributed by atoms with Crippen LogP contribution in [0.5, 0.6) is 0 Å². The Morgan fingerprint density at radius 2 is 1.88 bits per heavy atom. The molecule has 5 nitrogen and oxygen atoms in total. The average molecular weight is 342 g/mol. The van der Waals surface area contributed by atoms with E-state index < -0.39 is 0 Å². The second-order valence-corrected chi connectivity index (χ2v) is 6.14. The summed E-state index contributed by atoms with van der Waals surface area (Å²) in [5, 5.41) is 0.737. The number of piperazine rings is 1. The minimum Gasteiger partial charge on any atom is -0.449 e. The Hall–Kier alpha value is -2.53. The topological polar surface area (TPSA) is 49.6 Å². The van der Waals surface area contributed by atoms with Gasteiger partial charge in [-0.15, -0.1) is 0 Å². The lowest BCUT2D eigenvalue weighted by Gasteiger charge is -2.36. The third-order valence-electron chi connectivity index (χ3n) is 4.26. The van der Waals surface area contributed by atoms with Crippen LogP contribution in [0.15, 0.2) is 53.1 Å². The highest BCUT2D eigenvalue weighted by Crippen LogP contribution is 2.26. The Kier molecular flexibility index (Phi) is 3.86. The molecule has 0 aliphatic carbocycles. The molecule has 1 aliphatic rings. The highest BCUT2D eigenvalue weighted by molar-refractivity contribution is 6.33. The molecule has 1 fully saturated rings. The number of anilines is 1. The van der Waals surface area contributed by atoms with Gasteiger partial charge in [-0.3, -0.25) is 9.78 Å². The molecule has 0 spiro atoms. The van der Waals surface area contributed by atoms with Gasteiger partial charge in [0.15, 0.2) is 11.3 Å². The molecule has 6 heteroatoms. The maximum atomic E-state index is 12.6. The molecule has 3 heterocycles. The molecule has 0 atom stereocenters. The van der Waals surface area contributed by atoms with Crippen LogP contribution >= 0.6 is 11.6 Å². The summed E-state index contributed by atoms with van der Waals surface area (Å²) in [7, 11) is 0. The number of rotatable bonds is 2. The Labute approximate surface area is 144 Å². The van der Waals surface area contributed by atoms with Crippen molar-refractivity contribution >= 4 is 34.3 Å². The van der Waals surface area contributed by atoms with Gasteiger partial charge < -0.3 is 14.2 Å². The van der Waals surface area contributed by atoms with Crippen LogP contribution in [0.3, 0.4) is 0 Å². The predicted octanol–water partition coefficient (Wildman–Crippen LogP) is 3.44. The first-order chi connectivity index (χ1) is 11.7. The van der Waals surface area contributed by atoms with Crippen molar-refractivity contribution in [2.45, 2.75) is 0 Å². The number of aromatic nitrogens is 1. The zero-order chi connectivity index (χ0) is 16.5. The molecule has 122 valence electrons. The van der Waals surface area contributed by atoms with E-state index in [2.05, 4.69) is 9.88 Å². The molecule has 2 aromatic heterocycles. The number of fused-ring (bicyclic) bond motifs is 1. The Balaban J connectivity index is 1.47. The summed E-state index contributed by atoms with van der Waals surface area (Å²) in [6.07, 6.45) is 1.69. The maximum Gasteiger partial charge on any atom is 0.289 e. The molecule has 1 aliphatic heterocycles. The van der Waals surface area contributed by atoms with E-state index in [-0.39, 0.29) is 5.91 Å². The summed E-state index contributed by atoms with van der Waals surface area (Å²) in [5.74, 6) is 0.252. The monoisotopic (exact) mass is 341 g/mol. The molecule has 3 aromatic rings. The van der Waals surface area contributed by atoms with Gasteiger partial charge >= 0.3 is 0 Å². The number of halogens is 1. The van der Waals surface area contributed by atoms with Crippen molar-refractivity contribution in [2.24, 2.45) is 0 Å². The smallest absolute Gasteiger partial charge is 0.289 e. The Morgan fingerprint density at radius 3 is 2.62 bits per heavy atom. The maximum absolute atomic E-state index is 12.6. The van der Waals surface area contributed by atoms with Gasteiger partial charge in [-0.25, -0.2) is 0 Å². The van der Waals surface area contributed by atoms with Crippen LogP contribution < -0.4 is 4.90 Å². The number of nitrogens with zero attached hydrogens (tertiary/aromatic N) is 3. The van der Waals surface area contributed by atoms with E-state index in [1.165, 1.54) is 0 Å². The summed E-state index contributed by atoms with van der Waals surface area (Å²) in [6, 6.07) is 13.1. The first-order valence-corrected chi connectivity index (χ1v) is 8.23. The standard InChI is InChI=1S/C18H16ClN3O2/c19-13-4-1-2-5-15(13)21-8-10-22(11-9-21)18(23)17-12-14-16(24-17)6-3-7-20-14/h1-7,12H,8-11H2. The number of hydrogen-bond donors (Lipinski definition) is 0. The van der Waals surface area contributed by atoms with Crippen molar-refractivity contribution in [1.29, 1.82) is 0 Å². The quantitative estimate of drug-likeness (QED) is 0.716. The molecule has 4 rings (SSSR count). The summed E-state index contributed by atoms with van der Waals surface area (Å²) >= 11 is 6.25. The first kappa shape index (κ1) is 15.0. The van der Waals surface area contributed by atoms with Crippen LogP contribution in [0.1, 0.15) is 10.6 Å². The zero-order valence-corrected chi connectivity index (χ0v) is 13.7. The molecule has 0 unspecified atom stereocenters. The van der Waals surface area contributed by atoms with E-state index in [0.717, 1.165) is 23.8 Å². The van der Waals surface area contributed by atoms with E-state index in [0.29, 0.717) is 29.9 Å². The van der Waals surface area contributed by atoms with Gasteiger partial charge in [0.25, 0.3) is 5.91 Å². The lowest BCUT2D eigenvalue weighted by molar-refractivity contribution is 0.0717. The summed E-state index contributed by atoms with van der Waals surface area (Å²) in [5.41, 5.74) is 2.35. The normalized spacial score (nSPS) is 15.0. The fourth-order valence-electron chi connectivity index (χ4n) is 2.99. The average Bonchev–Trinajstić information content (AvgIpc) is 3.06. The molecule has 1 aromatic carbocycles. The van der Waals surface area contributed by atoms with Gasteiger partial charge in [-0.1, -0.05) is 23.7 Å². The number of para-hydroxylation sites is 1. The van der Waals surface area contributed by atoms with Gasteiger partial charge in [0.2, 0.25) is 0 Å². The second kappa shape index (κ2) is 6.17. The lowest BCUT2D eigenvalue weighted by atomic mass is 10.2. The van der Waals surface area contributed by atoms with Crippen molar-refractivity contribution < 1.29 is 9.21 Å². The first-order valence-electron chi connectivity index (χ1n) is 7.86. The summed E-state index contributed by atoms with van der Waals surface area (Å²) in [6.45, 7) is 2.75. The van der Waals surface area contributed by atoms with Gasteiger partial charge in [0.1, 0.15) is 5.52 Å². The van der Waals surface area contributed by atoms with Crippen LogP contribution in [0.25, 0.3) is 11.1 Å². The van der Waals surface area contributed by atoms with Crippen LogP contribution in [0.4, 0.5) is 5.69 Å². The number of pyridine rings is 1. The van der Waals surface area contributed by atoms with Crippen molar-refractivity contribution in [2.75, 3.05) is 31.1 Å². The van der Waals surface area contributed by atoms with Gasteiger partial charge in [-0.05, 0) is 24.3 Å². The summed E-state index contributed by atoms with van der Waals surface area (Å²) < 4.78 is 5.63. The number of amides is 1. The van der Waals surface area contributed by atoms with Crippen LogP contribution in [-0.4, -0.2) is 42.0 Å². The minimum atomic E-state index is -0.0909. The van der Waals surface area contributed by atoms with E-state index in [4.69, 9.17) is 16.0 Å². The zero-order valence-electron chi connectivity index (χ0n) is 13.0. The highest BCUT2D eigenvalue weighted by Gasteiger charge is 2.25. The van der Waals surface area contributed by atoms with Gasteiger partial charge in [0, 0.05) is 38.4 Å². The second-order valence-electron chi connectivity index (χ2n) is 5.73. The third kappa shape index (κ3) is 2.71. The Morgan fingerprint density at radius 1 is 1.08 bits per heavy atom. The van der Waals surface area contributed by atoms with Crippen molar-refractivity contribution in [3.05, 3.63) is 59.4 Å². The number of hydrogen-bond acceptors (Lipinski definition) is 4. The molecule has 0 bridgehead atoms. The minimum absolute atomic E-state index is 0.0909. The molecule has 0 radical (unpaired) electrons. The van der Waals surface area contributed by atoms with E-state index in [1.54, 1.807) is 18.3 Å². The lowest BCUT2D eigenvalue weighted by Crippen LogP contribution is -2.48. The van der Waals surface area contributed by atoms with E-state index in [1.807, 2.05) is 35.2 Å². The largest absolute Gasteiger partial charge is 0.449 e.